The lowest BCUT2D eigenvalue weighted by molar-refractivity contribution is -0.136. The van der Waals surface area contributed by atoms with E-state index in [0.29, 0.717) is 31.4 Å². The fourth-order valence-corrected chi connectivity index (χ4v) is 6.35. The number of allylic oxidation sites excluding steroid dienone is 1. The Labute approximate surface area is 243 Å². The van der Waals surface area contributed by atoms with Crippen LogP contribution in [0, 0.1) is 13.8 Å². The molecule has 0 radical (unpaired) electrons. The summed E-state index contributed by atoms with van der Waals surface area (Å²) in [6.07, 6.45) is 1.80. The maximum atomic E-state index is 14.0. The smallest absolute Gasteiger partial charge is 0.338 e. The van der Waals surface area contributed by atoms with Gasteiger partial charge in [0, 0.05) is 27.7 Å². The van der Waals surface area contributed by atoms with Crippen molar-refractivity contribution in [1.82, 2.24) is 9.13 Å². The SMILES string of the molecule is COC(=O)C1=C(C)N=c2s/c(=C\c3cc(C)n(-c4ccc(C(=O)O)cc4)c3C)c(=O)n2[C@H]1c1cc(Cl)ccc1OC. The van der Waals surface area contributed by atoms with E-state index < -0.39 is 18.0 Å². The molecule has 0 amide bonds. The number of thiazole rings is 1. The summed E-state index contributed by atoms with van der Waals surface area (Å²) in [4.78, 5) is 43.3. The molecule has 4 aromatic rings. The second-order valence-electron chi connectivity index (χ2n) is 9.47. The largest absolute Gasteiger partial charge is 0.496 e. The Balaban J connectivity index is 1.70. The summed E-state index contributed by atoms with van der Waals surface area (Å²) in [5.74, 6) is -1.14. The number of esters is 1. The van der Waals surface area contributed by atoms with E-state index in [2.05, 4.69) is 4.99 Å². The van der Waals surface area contributed by atoms with E-state index in [9.17, 15) is 19.5 Å². The fourth-order valence-electron chi connectivity index (χ4n) is 5.13. The van der Waals surface area contributed by atoms with Crippen molar-refractivity contribution in [2.45, 2.75) is 26.8 Å². The number of benzene rings is 2. The van der Waals surface area contributed by atoms with Gasteiger partial charge in [-0.25, -0.2) is 14.6 Å². The molecule has 9 nitrogen and oxygen atoms in total. The Morgan fingerprint density at radius 2 is 1.78 bits per heavy atom. The van der Waals surface area contributed by atoms with Crippen molar-refractivity contribution < 1.29 is 24.2 Å². The average molecular weight is 592 g/mol. The number of halogens is 1. The lowest BCUT2D eigenvalue weighted by atomic mass is 9.95. The highest BCUT2D eigenvalue weighted by molar-refractivity contribution is 7.07. The van der Waals surface area contributed by atoms with Gasteiger partial charge in [-0.1, -0.05) is 22.9 Å². The molecule has 0 aliphatic carbocycles. The molecule has 0 saturated heterocycles. The number of carboxylic acid groups (broad SMARTS) is 1. The number of nitrogens with zero attached hydrogens (tertiary/aromatic N) is 3. The Bertz CT molecular complexity index is 1930. The molecule has 41 heavy (non-hydrogen) atoms. The Morgan fingerprint density at radius 3 is 2.41 bits per heavy atom. The molecule has 5 rings (SSSR count). The first-order valence-electron chi connectivity index (χ1n) is 12.5. The molecule has 0 unspecified atom stereocenters. The van der Waals surface area contributed by atoms with Crippen LogP contribution >= 0.6 is 22.9 Å². The van der Waals surface area contributed by atoms with Crippen molar-refractivity contribution >= 4 is 41.0 Å². The second-order valence-corrected chi connectivity index (χ2v) is 10.9. The molecule has 1 aliphatic rings. The zero-order valence-electron chi connectivity index (χ0n) is 22.9. The number of aromatic nitrogens is 2. The van der Waals surface area contributed by atoms with Crippen molar-refractivity contribution in [3.8, 4) is 11.4 Å². The number of hydrogen-bond acceptors (Lipinski definition) is 7. The first-order chi connectivity index (χ1) is 19.5. The zero-order chi connectivity index (χ0) is 29.6. The second kappa shape index (κ2) is 10.9. The van der Waals surface area contributed by atoms with Crippen molar-refractivity contribution in [3.05, 3.63) is 113 Å². The van der Waals surface area contributed by atoms with Gasteiger partial charge >= 0.3 is 11.9 Å². The highest BCUT2D eigenvalue weighted by Gasteiger charge is 2.35. The first kappa shape index (κ1) is 28.1. The molecular formula is C30H26ClN3O6S. The third-order valence-corrected chi connectivity index (χ3v) is 8.26. The van der Waals surface area contributed by atoms with Crippen LogP contribution in [0.3, 0.4) is 0 Å². The number of carboxylic acids is 1. The number of aryl methyl sites for hydroxylation is 1. The van der Waals surface area contributed by atoms with E-state index in [1.54, 1.807) is 55.5 Å². The normalized spacial score (nSPS) is 15.0. The molecule has 1 atom stereocenters. The highest BCUT2D eigenvalue weighted by Crippen LogP contribution is 2.37. The van der Waals surface area contributed by atoms with Gasteiger partial charge in [0.25, 0.3) is 5.56 Å². The number of hydrogen-bond donors (Lipinski definition) is 1. The van der Waals surface area contributed by atoms with Crippen LogP contribution in [0.5, 0.6) is 5.75 Å². The quantitative estimate of drug-likeness (QED) is 0.337. The van der Waals surface area contributed by atoms with Crippen LogP contribution < -0.4 is 19.6 Å². The summed E-state index contributed by atoms with van der Waals surface area (Å²) in [6.45, 7) is 5.57. The number of methoxy groups -OCH3 is 2. The summed E-state index contributed by atoms with van der Waals surface area (Å²) in [7, 11) is 2.79. The van der Waals surface area contributed by atoms with Gasteiger partial charge in [-0.2, -0.15) is 0 Å². The van der Waals surface area contributed by atoms with Gasteiger partial charge in [-0.05, 0) is 80.9 Å². The van der Waals surface area contributed by atoms with Crippen LogP contribution in [-0.4, -0.2) is 40.4 Å². The summed E-state index contributed by atoms with van der Waals surface area (Å²) >= 11 is 7.56. The molecule has 3 heterocycles. The molecule has 2 aromatic heterocycles. The Morgan fingerprint density at radius 1 is 1.07 bits per heavy atom. The third-order valence-electron chi connectivity index (χ3n) is 7.04. The van der Waals surface area contributed by atoms with Crippen LogP contribution in [-0.2, 0) is 9.53 Å². The molecular weight excluding hydrogens is 566 g/mol. The molecule has 1 N–H and O–H groups in total. The van der Waals surface area contributed by atoms with Crippen LogP contribution in [0.15, 0.2) is 69.6 Å². The molecule has 0 spiro atoms. The molecule has 0 fully saturated rings. The van der Waals surface area contributed by atoms with Gasteiger partial charge in [-0.3, -0.25) is 9.36 Å². The number of fused-ring (bicyclic) bond motifs is 1. The van der Waals surface area contributed by atoms with E-state index in [-0.39, 0.29) is 16.7 Å². The van der Waals surface area contributed by atoms with Gasteiger partial charge < -0.3 is 19.1 Å². The minimum atomic E-state index is -0.993. The van der Waals surface area contributed by atoms with Gasteiger partial charge in [0.15, 0.2) is 4.80 Å². The summed E-state index contributed by atoms with van der Waals surface area (Å²) in [5, 5.41) is 9.66. The predicted octanol–water partition coefficient (Wildman–Crippen LogP) is 4.18. The van der Waals surface area contributed by atoms with Crippen LogP contribution in [0.4, 0.5) is 0 Å². The maximum absolute atomic E-state index is 14.0. The Hall–Kier alpha value is -4.41. The number of carbonyl (C=O) groups is 2. The number of aromatic carboxylic acids is 1. The van der Waals surface area contributed by atoms with Crippen LogP contribution in [0.2, 0.25) is 5.02 Å². The van der Waals surface area contributed by atoms with Crippen molar-refractivity contribution in [2.24, 2.45) is 4.99 Å². The van der Waals surface area contributed by atoms with Gasteiger partial charge in [0.2, 0.25) is 0 Å². The number of carbonyl (C=O) groups excluding carboxylic acids is 1. The summed E-state index contributed by atoms with van der Waals surface area (Å²) in [5.41, 5.74) is 4.45. The molecule has 2 aromatic carbocycles. The minimum Gasteiger partial charge on any atom is -0.496 e. The fraction of sp³-hybridized carbons (Fsp3) is 0.200. The van der Waals surface area contributed by atoms with E-state index >= 15 is 0 Å². The minimum absolute atomic E-state index is 0.199. The summed E-state index contributed by atoms with van der Waals surface area (Å²) < 4.78 is 14.6. The van der Waals surface area contributed by atoms with E-state index in [4.69, 9.17) is 21.1 Å². The van der Waals surface area contributed by atoms with Crippen molar-refractivity contribution in [3.63, 3.8) is 0 Å². The third kappa shape index (κ3) is 4.89. The van der Waals surface area contributed by atoms with Gasteiger partial charge in [0.1, 0.15) is 11.8 Å². The number of rotatable bonds is 6. The first-order valence-corrected chi connectivity index (χ1v) is 13.7. The summed E-state index contributed by atoms with van der Waals surface area (Å²) in [6, 6.07) is 12.7. The van der Waals surface area contributed by atoms with Crippen molar-refractivity contribution in [2.75, 3.05) is 14.2 Å². The molecule has 1 aliphatic heterocycles. The van der Waals surface area contributed by atoms with Crippen molar-refractivity contribution in [1.29, 1.82) is 0 Å². The van der Waals surface area contributed by atoms with Crippen LogP contribution in [0.1, 0.15) is 45.8 Å². The van der Waals surface area contributed by atoms with E-state index in [1.165, 1.54) is 30.1 Å². The average Bonchev–Trinajstić information content (AvgIpc) is 3.41. The lowest BCUT2D eigenvalue weighted by Crippen LogP contribution is -2.40. The van der Waals surface area contributed by atoms with E-state index in [0.717, 1.165) is 22.6 Å². The maximum Gasteiger partial charge on any atom is 0.338 e. The molecule has 0 saturated carbocycles. The molecule has 11 heteroatoms. The zero-order valence-corrected chi connectivity index (χ0v) is 24.5. The lowest BCUT2D eigenvalue weighted by Gasteiger charge is -2.25. The van der Waals surface area contributed by atoms with Crippen LogP contribution in [0.25, 0.3) is 11.8 Å². The van der Waals surface area contributed by atoms with Gasteiger partial charge in [0.05, 0.1) is 35.6 Å². The molecule has 0 bridgehead atoms. The highest BCUT2D eigenvalue weighted by atomic mass is 35.5. The standard InChI is InChI=1S/C30H26ClN3O6S/c1-15-12-19(17(3)33(15)21-9-6-18(7-10-21)28(36)37)13-24-27(35)34-26(22-14-20(31)8-11-23(22)39-4)25(29(38)40-5)16(2)32-30(34)41-24/h6-14,26H,1-5H3,(H,36,37)/b24-13-/t26-/m0/s1. The topological polar surface area (TPSA) is 112 Å². The number of ether oxygens (including phenoxy) is 2. The Kier molecular flexibility index (Phi) is 7.46. The molecule has 210 valence electrons. The monoisotopic (exact) mass is 591 g/mol. The predicted molar refractivity (Wildman–Crippen MR) is 156 cm³/mol. The van der Waals surface area contributed by atoms with E-state index in [1.807, 2.05) is 24.5 Å². The van der Waals surface area contributed by atoms with Gasteiger partial charge in [-0.15, -0.1) is 0 Å².